The van der Waals surface area contributed by atoms with Crippen molar-refractivity contribution in [3.05, 3.63) is 71.2 Å². The number of anilines is 1. The van der Waals surface area contributed by atoms with Crippen LogP contribution in [0.2, 0.25) is 0 Å². The van der Waals surface area contributed by atoms with Gasteiger partial charge in [-0.05, 0) is 52.3 Å². The lowest BCUT2D eigenvalue weighted by molar-refractivity contribution is 0.102. The lowest BCUT2D eigenvalue weighted by Gasteiger charge is -2.07. The average Bonchev–Trinajstić information content (AvgIpc) is 3.02. The van der Waals surface area contributed by atoms with Crippen molar-refractivity contribution in [2.45, 2.75) is 0 Å². The van der Waals surface area contributed by atoms with Gasteiger partial charge in [0.25, 0.3) is 5.91 Å². The summed E-state index contributed by atoms with van der Waals surface area (Å²) in [5.74, 6) is -0.185. The molecule has 3 aromatic rings. The second-order valence-corrected chi connectivity index (χ2v) is 5.13. The van der Waals surface area contributed by atoms with Gasteiger partial charge in [0.05, 0.1) is 5.69 Å². The summed E-state index contributed by atoms with van der Waals surface area (Å²) in [5, 5.41) is 7.03. The first kappa shape index (κ1) is 13.5. The van der Waals surface area contributed by atoms with Crippen LogP contribution in [0.15, 0.2) is 65.7 Å². The minimum atomic E-state index is -0.185. The van der Waals surface area contributed by atoms with E-state index >= 15 is 0 Å². The number of nitrogens with one attached hydrogen (secondary N) is 1. The summed E-state index contributed by atoms with van der Waals surface area (Å²) in [4.78, 5) is 16.2. The molecule has 0 atom stereocenters. The maximum absolute atomic E-state index is 12.2. The normalized spacial score (nSPS) is 10.3. The van der Waals surface area contributed by atoms with Crippen molar-refractivity contribution in [2.75, 3.05) is 5.32 Å². The molecule has 5 nitrogen and oxygen atoms in total. The molecule has 0 aliphatic heterocycles. The Morgan fingerprint density at radius 2 is 2.05 bits per heavy atom. The number of nitrogens with zero attached hydrogens (tertiary/aromatic N) is 3. The maximum Gasteiger partial charge on any atom is 0.255 e. The summed E-state index contributed by atoms with van der Waals surface area (Å²) in [7, 11) is 0. The predicted molar refractivity (Wildman–Crippen MR) is 83.5 cm³/mol. The van der Waals surface area contributed by atoms with Crippen LogP contribution in [0.25, 0.3) is 5.69 Å². The molecule has 1 N–H and O–H groups in total. The van der Waals surface area contributed by atoms with E-state index < -0.39 is 0 Å². The molecular formula is C15H11BrN4O. The fourth-order valence-corrected chi connectivity index (χ4v) is 2.26. The number of pyridine rings is 1. The number of aromatic nitrogens is 3. The van der Waals surface area contributed by atoms with E-state index in [2.05, 4.69) is 31.3 Å². The molecule has 3 rings (SSSR count). The molecule has 0 saturated heterocycles. The molecule has 0 fully saturated rings. The smallest absolute Gasteiger partial charge is 0.255 e. The Hall–Kier alpha value is -2.47. The van der Waals surface area contributed by atoms with Crippen molar-refractivity contribution < 1.29 is 4.79 Å². The molecule has 0 bridgehead atoms. The maximum atomic E-state index is 12.2. The molecule has 1 aromatic carbocycles. The Balaban J connectivity index is 1.82. The minimum Gasteiger partial charge on any atom is -0.322 e. The molecule has 6 heteroatoms. The van der Waals surface area contributed by atoms with Gasteiger partial charge in [-0.2, -0.15) is 5.10 Å². The van der Waals surface area contributed by atoms with Crippen LogP contribution < -0.4 is 5.32 Å². The summed E-state index contributed by atoms with van der Waals surface area (Å²) < 4.78 is 2.36. The summed E-state index contributed by atoms with van der Waals surface area (Å²) in [6.45, 7) is 0. The van der Waals surface area contributed by atoms with Crippen molar-refractivity contribution in [2.24, 2.45) is 0 Å². The summed E-state index contributed by atoms with van der Waals surface area (Å²) >= 11 is 3.25. The van der Waals surface area contributed by atoms with Gasteiger partial charge in [0.1, 0.15) is 4.60 Å². The van der Waals surface area contributed by atoms with E-state index in [1.54, 1.807) is 29.2 Å². The standard InChI is InChI=1S/C15H11BrN4O/c16-14-9-11(5-7-17-14)15(21)19-12-3-1-4-13(10-12)20-8-2-6-18-20/h1-10H,(H,19,21). The zero-order chi connectivity index (χ0) is 14.7. The van der Waals surface area contributed by atoms with Crippen molar-refractivity contribution in [1.29, 1.82) is 0 Å². The first-order chi connectivity index (χ1) is 10.2. The molecule has 0 unspecified atom stereocenters. The highest BCUT2D eigenvalue weighted by molar-refractivity contribution is 9.10. The van der Waals surface area contributed by atoms with Crippen molar-refractivity contribution >= 4 is 27.5 Å². The van der Waals surface area contributed by atoms with Gasteiger partial charge in [0.15, 0.2) is 0 Å². The number of hydrogen-bond acceptors (Lipinski definition) is 3. The van der Waals surface area contributed by atoms with Gasteiger partial charge < -0.3 is 5.32 Å². The molecule has 2 heterocycles. The van der Waals surface area contributed by atoms with Gasteiger partial charge in [0.2, 0.25) is 0 Å². The highest BCUT2D eigenvalue weighted by Crippen LogP contribution is 2.16. The van der Waals surface area contributed by atoms with Crippen LogP contribution in [-0.2, 0) is 0 Å². The third-order valence-electron chi connectivity index (χ3n) is 2.86. The molecule has 0 aliphatic carbocycles. The van der Waals surface area contributed by atoms with E-state index in [9.17, 15) is 4.79 Å². The molecule has 1 amide bonds. The lowest BCUT2D eigenvalue weighted by atomic mass is 10.2. The number of carbonyl (C=O) groups excluding carboxylic acids is 1. The molecule has 0 saturated carbocycles. The highest BCUT2D eigenvalue weighted by Gasteiger charge is 2.07. The van der Waals surface area contributed by atoms with Gasteiger partial charge in [-0.3, -0.25) is 4.79 Å². The summed E-state index contributed by atoms with van der Waals surface area (Å²) in [6.07, 6.45) is 5.14. The molecular weight excluding hydrogens is 332 g/mol. The Morgan fingerprint density at radius 1 is 1.14 bits per heavy atom. The Labute approximate surface area is 129 Å². The quantitative estimate of drug-likeness (QED) is 0.743. The second-order valence-electron chi connectivity index (χ2n) is 4.32. The van der Waals surface area contributed by atoms with Crippen LogP contribution in [-0.4, -0.2) is 20.7 Å². The van der Waals surface area contributed by atoms with Crippen LogP contribution >= 0.6 is 15.9 Å². The third kappa shape index (κ3) is 3.17. The van der Waals surface area contributed by atoms with Crippen molar-refractivity contribution in [3.63, 3.8) is 0 Å². The lowest BCUT2D eigenvalue weighted by Crippen LogP contribution is -2.12. The molecule has 0 spiro atoms. The Kier molecular flexibility index (Phi) is 3.79. The number of hydrogen-bond donors (Lipinski definition) is 1. The fourth-order valence-electron chi connectivity index (χ4n) is 1.89. The molecule has 0 radical (unpaired) electrons. The third-order valence-corrected chi connectivity index (χ3v) is 3.30. The Bertz CT molecular complexity index is 771. The molecule has 0 aliphatic rings. The first-order valence-corrected chi connectivity index (χ1v) is 7.05. The first-order valence-electron chi connectivity index (χ1n) is 6.25. The molecule has 2 aromatic heterocycles. The number of rotatable bonds is 3. The number of carbonyl (C=O) groups is 1. The van der Waals surface area contributed by atoms with Crippen LogP contribution in [0.4, 0.5) is 5.69 Å². The summed E-state index contributed by atoms with van der Waals surface area (Å²) in [5.41, 5.74) is 2.14. The largest absolute Gasteiger partial charge is 0.322 e. The second kappa shape index (κ2) is 5.88. The van der Waals surface area contributed by atoms with Gasteiger partial charge in [0, 0.05) is 29.8 Å². The zero-order valence-electron chi connectivity index (χ0n) is 10.9. The van der Waals surface area contributed by atoms with Crippen LogP contribution in [0, 0.1) is 0 Å². The van der Waals surface area contributed by atoms with Gasteiger partial charge >= 0.3 is 0 Å². The van der Waals surface area contributed by atoms with E-state index in [1.165, 1.54) is 0 Å². The van der Waals surface area contributed by atoms with Gasteiger partial charge in [-0.25, -0.2) is 9.67 Å². The monoisotopic (exact) mass is 342 g/mol. The zero-order valence-corrected chi connectivity index (χ0v) is 12.5. The van der Waals surface area contributed by atoms with E-state index in [-0.39, 0.29) is 5.91 Å². The van der Waals surface area contributed by atoms with Crippen molar-refractivity contribution in [3.8, 4) is 5.69 Å². The van der Waals surface area contributed by atoms with Gasteiger partial charge in [-0.15, -0.1) is 0 Å². The van der Waals surface area contributed by atoms with Crippen LogP contribution in [0.1, 0.15) is 10.4 Å². The van der Waals surface area contributed by atoms with Crippen LogP contribution in [0.5, 0.6) is 0 Å². The van der Waals surface area contributed by atoms with E-state index in [0.717, 1.165) is 5.69 Å². The van der Waals surface area contributed by atoms with E-state index in [0.29, 0.717) is 15.9 Å². The number of benzene rings is 1. The Morgan fingerprint density at radius 3 is 2.81 bits per heavy atom. The van der Waals surface area contributed by atoms with Crippen LogP contribution in [0.3, 0.4) is 0 Å². The van der Waals surface area contributed by atoms with Gasteiger partial charge in [-0.1, -0.05) is 6.07 Å². The fraction of sp³-hybridized carbons (Fsp3) is 0. The predicted octanol–water partition coefficient (Wildman–Crippen LogP) is 3.28. The van der Waals surface area contributed by atoms with E-state index in [4.69, 9.17) is 0 Å². The highest BCUT2D eigenvalue weighted by atomic mass is 79.9. The topological polar surface area (TPSA) is 59.8 Å². The van der Waals surface area contributed by atoms with Crippen molar-refractivity contribution in [1.82, 2.24) is 14.8 Å². The van der Waals surface area contributed by atoms with E-state index in [1.807, 2.05) is 36.5 Å². The molecule has 104 valence electrons. The number of halogens is 1. The minimum absolute atomic E-state index is 0.185. The number of amides is 1. The summed E-state index contributed by atoms with van der Waals surface area (Å²) in [6, 6.07) is 12.7. The SMILES string of the molecule is O=C(Nc1cccc(-n2cccn2)c1)c1ccnc(Br)c1. The molecule has 21 heavy (non-hydrogen) atoms. The average molecular weight is 343 g/mol.